The molecular weight excluding hydrogens is 276 g/mol. The van der Waals surface area contributed by atoms with Gasteiger partial charge in [0.2, 0.25) is 0 Å². The molecule has 1 aromatic rings. The Balaban J connectivity index is 1.95. The lowest BCUT2D eigenvalue weighted by molar-refractivity contribution is -0.0498. The smallest absolute Gasteiger partial charge is 0.387 e. The van der Waals surface area contributed by atoms with Gasteiger partial charge in [-0.2, -0.15) is 8.78 Å². The van der Waals surface area contributed by atoms with Crippen LogP contribution in [0.3, 0.4) is 0 Å². The van der Waals surface area contributed by atoms with E-state index in [9.17, 15) is 8.78 Å². The summed E-state index contributed by atoms with van der Waals surface area (Å²) in [5.74, 6) is 0.670. The second kappa shape index (κ2) is 7.81. The molecule has 1 saturated heterocycles. The van der Waals surface area contributed by atoms with E-state index in [1.54, 1.807) is 12.1 Å². The third kappa shape index (κ3) is 5.21. The molecule has 1 aliphatic heterocycles. The van der Waals surface area contributed by atoms with Crippen LogP contribution in [0.25, 0.3) is 0 Å². The highest BCUT2D eigenvalue weighted by atomic mass is 19.3. The van der Waals surface area contributed by atoms with Gasteiger partial charge in [-0.1, -0.05) is 25.0 Å². The van der Waals surface area contributed by atoms with Crippen molar-refractivity contribution in [3.05, 3.63) is 29.8 Å². The first-order chi connectivity index (χ1) is 10.1. The van der Waals surface area contributed by atoms with E-state index >= 15 is 0 Å². The predicted molar refractivity (Wildman–Crippen MR) is 78.4 cm³/mol. The zero-order chi connectivity index (χ0) is 15.1. The van der Waals surface area contributed by atoms with Gasteiger partial charge in [0.1, 0.15) is 5.75 Å². The first-order valence-electron chi connectivity index (χ1n) is 7.24. The number of ether oxygens (including phenoxy) is 1. The highest BCUT2D eigenvalue weighted by Crippen LogP contribution is 2.16. The Bertz CT molecular complexity index is 472. The van der Waals surface area contributed by atoms with E-state index in [4.69, 9.17) is 5.73 Å². The summed E-state index contributed by atoms with van der Waals surface area (Å²) in [6, 6.07) is 6.55. The Morgan fingerprint density at radius 1 is 1.24 bits per heavy atom. The van der Waals surface area contributed by atoms with Gasteiger partial charge in [0.05, 0.1) is 6.54 Å². The highest BCUT2D eigenvalue weighted by molar-refractivity contribution is 5.78. The van der Waals surface area contributed by atoms with Crippen LogP contribution < -0.4 is 10.5 Å². The van der Waals surface area contributed by atoms with Gasteiger partial charge in [0.25, 0.3) is 0 Å². The maximum absolute atomic E-state index is 12.2. The zero-order valence-corrected chi connectivity index (χ0v) is 12.0. The summed E-state index contributed by atoms with van der Waals surface area (Å²) < 4.78 is 28.7. The Hall–Kier alpha value is -1.85. The lowest BCUT2D eigenvalue weighted by atomic mass is 10.2. The third-order valence-electron chi connectivity index (χ3n) is 3.48. The highest BCUT2D eigenvalue weighted by Gasteiger charge is 2.10. The van der Waals surface area contributed by atoms with Crippen molar-refractivity contribution in [2.24, 2.45) is 10.7 Å². The van der Waals surface area contributed by atoms with Crippen LogP contribution in [0, 0.1) is 0 Å². The number of likely N-dealkylation sites (tertiary alicyclic amines) is 1. The van der Waals surface area contributed by atoms with E-state index in [0.29, 0.717) is 12.5 Å². The van der Waals surface area contributed by atoms with E-state index in [2.05, 4.69) is 14.6 Å². The topological polar surface area (TPSA) is 50.9 Å². The number of benzene rings is 1. The van der Waals surface area contributed by atoms with Crippen molar-refractivity contribution in [1.29, 1.82) is 0 Å². The molecule has 0 amide bonds. The van der Waals surface area contributed by atoms with Crippen LogP contribution >= 0.6 is 0 Å². The van der Waals surface area contributed by atoms with Crippen LogP contribution in [-0.2, 0) is 6.54 Å². The number of hydrogen-bond donors (Lipinski definition) is 1. The summed E-state index contributed by atoms with van der Waals surface area (Å²) >= 11 is 0. The number of hydrogen-bond acceptors (Lipinski definition) is 2. The molecule has 0 unspecified atom stereocenters. The van der Waals surface area contributed by atoms with Crippen molar-refractivity contribution in [2.45, 2.75) is 38.8 Å². The Morgan fingerprint density at radius 3 is 2.62 bits per heavy atom. The maximum Gasteiger partial charge on any atom is 0.387 e. The molecule has 21 heavy (non-hydrogen) atoms. The number of nitrogens with two attached hydrogens (primary N) is 1. The quantitative estimate of drug-likeness (QED) is 0.686. The number of nitrogens with zero attached hydrogens (tertiary/aromatic N) is 2. The van der Waals surface area contributed by atoms with Crippen molar-refractivity contribution in [2.75, 3.05) is 13.1 Å². The summed E-state index contributed by atoms with van der Waals surface area (Å²) in [6.45, 7) is -0.581. The molecule has 0 atom stereocenters. The van der Waals surface area contributed by atoms with E-state index in [1.165, 1.54) is 18.9 Å². The molecule has 2 N–H and O–H groups in total. The van der Waals surface area contributed by atoms with Crippen LogP contribution in [0.4, 0.5) is 8.78 Å². The van der Waals surface area contributed by atoms with Crippen LogP contribution in [-0.4, -0.2) is 30.6 Å². The number of halogens is 2. The second-order valence-electron chi connectivity index (χ2n) is 5.10. The third-order valence-corrected chi connectivity index (χ3v) is 3.48. The van der Waals surface area contributed by atoms with Crippen molar-refractivity contribution in [3.8, 4) is 5.75 Å². The van der Waals surface area contributed by atoms with Gasteiger partial charge in [-0.15, -0.1) is 0 Å². The normalized spacial score (nSPS) is 16.9. The van der Waals surface area contributed by atoms with E-state index in [0.717, 1.165) is 31.5 Å². The minimum absolute atomic E-state index is 0.144. The van der Waals surface area contributed by atoms with Gasteiger partial charge < -0.3 is 15.4 Å². The Morgan fingerprint density at radius 2 is 1.95 bits per heavy atom. The van der Waals surface area contributed by atoms with Crippen LogP contribution in [0.1, 0.15) is 31.2 Å². The van der Waals surface area contributed by atoms with Gasteiger partial charge in [-0.3, -0.25) is 0 Å². The molecule has 1 aliphatic rings. The molecule has 0 aromatic heterocycles. The maximum atomic E-state index is 12.2. The first-order valence-corrected chi connectivity index (χ1v) is 7.24. The van der Waals surface area contributed by atoms with Crippen LogP contribution in [0.15, 0.2) is 29.3 Å². The predicted octanol–water partition coefficient (Wildman–Crippen LogP) is 2.98. The average Bonchev–Trinajstić information content (AvgIpc) is 2.73. The van der Waals surface area contributed by atoms with E-state index < -0.39 is 6.61 Å². The molecule has 1 heterocycles. The average molecular weight is 297 g/mol. The number of alkyl halides is 2. The molecule has 0 aliphatic carbocycles. The lowest BCUT2D eigenvalue weighted by Gasteiger charge is -2.21. The fourth-order valence-electron chi connectivity index (χ4n) is 2.39. The minimum Gasteiger partial charge on any atom is -0.435 e. The van der Waals surface area contributed by atoms with Crippen molar-refractivity contribution in [1.82, 2.24) is 4.90 Å². The fourth-order valence-corrected chi connectivity index (χ4v) is 2.39. The van der Waals surface area contributed by atoms with Crippen molar-refractivity contribution in [3.63, 3.8) is 0 Å². The Kier molecular flexibility index (Phi) is 5.78. The number of aliphatic imine (C=N–C) groups is 1. The Labute approximate surface area is 123 Å². The molecule has 1 fully saturated rings. The van der Waals surface area contributed by atoms with Gasteiger partial charge in [-0.05, 0) is 30.5 Å². The summed E-state index contributed by atoms with van der Waals surface area (Å²) in [5, 5.41) is 0. The molecule has 116 valence electrons. The van der Waals surface area contributed by atoms with Crippen molar-refractivity contribution < 1.29 is 13.5 Å². The van der Waals surface area contributed by atoms with Crippen LogP contribution in [0.2, 0.25) is 0 Å². The summed E-state index contributed by atoms with van der Waals surface area (Å²) in [5.41, 5.74) is 6.81. The second-order valence-corrected chi connectivity index (χ2v) is 5.10. The SMILES string of the molecule is NC(=NCc1cccc(OC(F)F)c1)N1CCCCCC1. The monoisotopic (exact) mass is 297 g/mol. The van der Waals surface area contributed by atoms with E-state index in [-0.39, 0.29) is 5.75 Å². The minimum atomic E-state index is -2.81. The molecule has 0 spiro atoms. The van der Waals surface area contributed by atoms with E-state index in [1.807, 2.05) is 6.07 Å². The molecule has 6 heteroatoms. The summed E-state index contributed by atoms with van der Waals surface area (Å²) in [6.07, 6.45) is 4.73. The first kappa shape index (κ1) is 15.5. The zero-order valence-electron chi connectivity index (χ0n) is 12.0. The van der Waals surface area contributed by atoms with Gasteiger partial charge in [0, 0.05) is 13.1 Å². The molecule has 0 bridgehead atoms. The molecule has 0 radical (unpaired) electrons. The van der Waals surface area contributed by atoms with Crippen molar-refractivity contribution >= 4 is 5.96 Å². The molecule has 0 saturated carbocycles. The molecular formula is C15H21F2N3O. The largest absolute Gasteiger partial charge is 0.435 e. The molecule has 2 rings (SSSR count). The van der Waals surface area contributed by atoms with Crippen LogP contribution in [0.5, 0.6) is 5.75 Å². The number of rotatable bonds is 4. The summed E-state index contributed by atoms with van der Waals surface area (Å²) in [4.78, 5) is 6.45. The standard InChI is InChI=1S/C15H21F2N3O/c16-14(17)21-13-7-5-6-12(10-13)11-19-15(18)20-8-3-1-2-4-9-20/h5-7,10,14H,1-4,8-9,11H2,(H2,18,19). The molecule has 1 aromatic carbocycles. The van der Waals surface area contributed by atoms with Gasteiger partial charge in [0.15, 0.2) is 5.96 Å². The lowest BCUT2D eigenvalue weighted by Crippen LogP contribution is -2.38. The molecule has 4 nitrogen and oxygen atoms in total. The number of guanidine groups is 1. The summed E-state index contributed by atoms with van der Waals surface area (Å²) in [7, 11) is 0. The van der Waals surface area contributed by atoms with Gasteiger partial charge in [-0.25, -0.2) is 4.99 Å². The fraction of sp³-hybridized carbons (Fsp3) is 0.533. The van der Waals surface area contributed by atoms with Gasteiger partial charge >= 0.3 is 6.61 Å².